The van der Waals surface area contributed by atoms with E-state index in [-0.39, 0.29) is 16.1 Å². The molecule has 2 rings (SSSR count). The number of anilines is 1. The van der Waals surface area contributed by atoms with Crippen molar-refractivity contribution >= 4 is 28.8 Å². The molecule has 0 aliphatic heterocycles. The summed E-state index contributed by atoms with van der Waals surface area (Å²) in [7, 11) is 0. The second-order valence-electron chi connectivity index (χ2n) is 4.47. The average Bonchev–Trinajstić information content (AvgIpc) is 2.43. The Bertz CT molecular complexity index is 732. The number of carbonyl (C=O) groups excluding carboxylic acids is 1. The molecule has 2 aromatic rings. The Morgan fingerprint density at radius 1 is 1.19 bits per heavy atom. The van der Waals surface area contributed by atoms with E-state index < -0.39 is 17.5 Å². The smallest absolute Gasteiger partial charge is 0.255 e. The molecule has 0 spiro atoms. The SMILES string of the molecule is Cc1cc(C(=O)Nc2ccc(F)cc2C(N)=S)ccc1F. The zero-order chi connectivity index (χ0) is 15.6. The fraction of sp³-hybridized carbons (Fsp3) is 0.0667. The lowest BCUT2D eigenvalue weighted by molar-refractivity contribution is 0.102. The van der Waals surface area contributed by atoms with Crippen LogP contribution in [0.5, 0.6) is 0 Å². The van der Waals surface area contributed by atoms with E-state index in [0.717, 1.165) is 6.07 Å². The number of nitrogens with one attached hydrogen (secondary N) is 1. The van der Waals surface area contributed by atoms with Crippen molar-refractivity contribution in [2.45, 2.75) is 6.92 Å². The van der Waals surface area contributed by atoms with Crippen LogP contribution in [-0.4, -0.2) is 10.9 Å². The number of aryl methyl sites for hydroxylation is 1. The second kappa shape index (κ2) is 5.97. The quantitative estimate of drug-likeness (QED) is 0.857. The summed E-state index contributed by atoms with van der Waals surface area (Å²) < 4.78 is 26.4. The van der Waals surface area contributed by atoms with E-state index in [1.807, 2.05) is 0 Å². The van der Waals surface area contributed by atoms with Gasteiger partial charge in [0.15, 0.2) is 0 Å². The highest BCUT2D eigenvalue weighted by Gasteiger charge is 2.12. The van der Waals surface area contributed by atoms with Crippen LogP contribution in [0.1, 0.15) is 21.5 Å². The van der Waals surface area contributed by atoms with Gasteiger partial charge in [-0.25, -0.2) is 8.78 Å². The van der Waals surface area contributed by atoms with Gasteiger partial charge >= 0.3 is 0 Å². The Hall–Kier alpha value is -2.34. The van der Waals surface area contributed by atoms with E-state index >= 15 is 0 Å². The Balaban J connectivity index is 2.31. The number of amides is 1. The van der Waals surface area contributed by atoms with Crippen LogP contribution in [0, 0.1) is 18.6 Å². The van der Waals surface area contributed by atoms with Gasteiger partial charge in [-0.1, -0.05) is 12.2 Å². The molecule has 21 heavy (non-hydrogen) atoms. The van der Waals surface area contributed by atoms with Crippen molar-refractivity contribution in [2.24, 2.45) is 5.73 Å². The monoisotopic (exact) mass is 306 g/mol. The van der Waals surface area contributed by atoms with E-state index in [2.05, 4.69) is 5.32 Å². The van der Waals surface area contributed by atoms with Gasteiger partial charge in [-0.05, 0) is 48.9 Å². The predicted molar refractivity (Wildman–Crippen MR) is 81.4 cm³/mol. The zero-order valence-electron chi connectivity index (χ0n) is 11.1. The van der Waals surface area contributed by atoms with E-state index in [9.17, 15) is 13.6 Å². The molecule has 2 aromatic carbocycles. The number of halogens is 2. The van der Waals surface area contributed by atoms with Crippen molar-refractivity contribution in [3.05, 3.63) is 64.7 Å². The molecule has 0 saturated carbocycles. The van der Waals surface area contributed by atoms with Crippen molar-refractivity contribution in [3.8, 4) is 0 Å². The molecule has 0 aliphatic rings. The molecule has 0 saturated heterocycles. The number of carbonyl (C=O) groups is 1. The van der Waals surface area contributed by atoms with Gasteiger partial charge in [0.25, 0.3) is 5.91 Å². The van der Waals surface area contributed by atoms with Crippen LogP contribution in [-0.2, 0) is 0 Å². The number of hydrogen-bond donors (Lipinski definition) is 2. The first-order chi connectivity index (χ1) is 9.88. The molecule has 0 atom stereocenters. The molecule has 1 amide bonds. The Morgan fingerprint density at radius 2 is 1.90 bits per heavy atom. The van der Waals surface area contributed by atoms with Gasteiger partial charge in [-0.3, -0.25) is 4.79 Å². The van der Waals surface area contributed by atoms with Crippen molar-refractivity contribution in [2.75, 3.05) is 5.32 Å². The first-order valence-corrected chi connectivity index (χ1v) is 6.46. The lowest BCUT2D eigenvalue weighted by Crippen LogP contribution is -2.18. The molecule has 0 unspecified atom stereocenters. The van der Waals surface area contributed by atoms with E-state index in [1.165, 1.54) is 30.3 Å². The third-order valence-electron chi connectivity index (χ3n) is 2.92. The van der Waals surface area contributed by atoms with Gasteiger partial charge in [-0.15, -0.1) is 0 Å². The van der Waals surface area contributed by atoms with Crippen LogP contribution < -0.4 is 11.1 Å². The first-order valence-electron chi connectivity index (χ1n) is 6.05. The number of nitrogens with two attached hydrogens (primary N) is 1. The highest BCUT2D eigenvalue weighted by Crippen LogP contribution is 2.19. The van der Waals surface area contributed by atoms with Gasteiger partial charge in [0.2, 0.25) is 0 Å². The average molecular weight is 306 g/mol. The van der Waals surface area contributed by atoms with Crippen molar-refractivity contribution in [1.82, 2.24) is 0 Å². The van der Waals surface area contributed by atoms with Crippen molar-refractivity contribution in [3.63, 3.8) is 0 Å². The lowest BCUT2D eigenvalue weighted by Gasteiger charge is -2.11. The molecular weight excluding hydrogens is 294 g/mol. The molecule has 0 aromatic heterocycles. The summed E-state index contributed by atoms with van der Waals surface area (Å²) in [6.07, 6.45) is 0. The molecule has 0 heterocycles. The fourth-order valence-corrected chi connectivity index (χ4v) is 1.98. The molecule has 0 fully saturated rings. The second-order valence-corrected chi connectivity index (χ2v) is 4.91. The number of thiocarbonyl (C=S) groups is 1. The fourth-order valence-electron chi connectivity index (χ4n) is 1.81. The summed E-state index contributed by atoms with van der Waals surface area (Å²) in [6, 6.07) is 7.71. The lowest BCUT2D eigenvalue weighted by atomic mass is 10.1. The van der Waals surface area contributed by atoms with Gasteiger partial charge < -0.3 is 11.1 Å². The predicted octanol–water partition coefficient (Wildman–Crippen LogP) is 3.16. The summed E-state index contributed by atoms with van der Waals surface area (Å²) >= 11 is 4.83. The van der Waals surface area contributed by atoms with Gasteiger partial charge in [0.05, 0.1) is 5.69 Å². The van der Waals surface area contributed by atoms with Gasteiger partial charge in [0.1, 0.15) is 16.6 Å². The maximum atomic E-state index is 13.2. The van der Waals surface area contributed by atoms with Crippen LogP contribution in [0.15, 0.2) is 36.4 Å². The molecule has 108 valence electrons. The minimum absolute atomic E-state index is 0.0277. The first kappa shape index (κ1) is 15.1. The largest absolute Gasteiger partial charge is 0.389 e. The summed E-state index contributed by atoms with van der Waals surface area (Å²) in [5.74, 6) is -1.35. The van der Waals surface area contributed by atoms with Crippen LogP contribution in [0.2, 0.25) is 0 Å². The summed E-state index contributed by atoms with van der Waals surface area (Å²) in [4.78, 5) is 12.1. The van der Waals surface area contributed by atoms with Gasteiger partial charge in [-0.2, -0.15) is 0 Å². The third kappa shape index (κ3) is 3.41. The van der Waals surface area contributed by atoms with E-state index in [0.29, 0.717) is 11.3 Å². The molecule has 0 aliphatic carbocycles. The number of hydrogen-bond acceptors (Lipinski definition) is 2. The Labute approximate surface area is 125 Å². The molecule has 3 N–H and O–H groups in total. The normalized spacial score (nSPS) is 10.2. The summed E-state index contributed by atoms with van der Waals surface area (Å²) in [5.41, 5.74) is 6.68. The summed E-state index contributed by atoms with van der Waals surface area (Å²) in [5, 5.41) is 2.59. The Morgan fingerprint density at radius 3 is 2.52 bits per heavy atom. The maximum absolute atomic E-state index is 13.2. The third-order valence-corrected chi connectivity index (χ3v) is 3.14. The number of benzene rings is 2. The highest BCUT2D eigenvalue weighted by atomic mass is 32.1. The summed E-state index contributed by atoms with van der Waals surface area (Å²) in [6.45, 7) is 1.56. The van der Waals surface area contributed by atoms with Gasteiger partial charge in [0, 0.05) is 11.1 Å². The maximum Gasteiger partial charge on any atom is 0.255 e. The zero-order valence-corrected chi connectivity index (χ0v) is 11.9. The van der Waals surface area contributed by atoms with E-state index in [4.69, 9.17) is 18.0 Å². The standard InChI is InChI=1S/C15H12F2N2OS/c1-8-6-9(2-4-12(8)17)15(20)19-13-5-3-10(16)7-11(13)14(18)21/h2-7H,1H3,(H2,18,21)(H,19,20). The number of rotatable bonds is 3. The molecule has 3 nitrogen and oxygen atoms in total. The van der Waals surface area contributed by atoms with Crippen LogP contribution >= 0.6 is 12.2 Å². The minimum Gasteiger partial charge on any atom is -0.389 e. The van der Waals surface area contributed by atoms with Crippen molar-refractivity contribution in [1.29, 1.82) is 0 Å². The van der Waals surface area contributed by atoms with E-state index in [1.54, 1.807) is 6.92 Å². The highest BCUT2D eigenvalue weighted by molar-refractivity contribution is 7.80. The van der Waals surface area contributed by atoms with Crippen LogP contribution in [0.4, 0.5) is 14.5 Å². The molecular formula is C15H12F2N2OS. The minimum atomic E-state index is -0.506. The molecule has 0 bridgehead atoms. The Kier molecular flexibility index (Phi) is 4.28. The van der Waals surface area contributed by atoms with Crippen LogP contribution in [0.3, 0.4) is 0 Å². The van der Waals surface area contributed by atoms with Crippen molar-refractivity contribution < 1.29 is 13.6 Å². The topological polar surface area (TPSA) is 55.1 Å². The van der Waals surface area contributed by atoms with Crippen LogP contribution in [0.25, 0.3) is 0 Å². The molecule has 0 radical (unpaired) electrons. The molecule has 6 heteroatoms.